The molecular weight excluding hydrogens is 215 g/mol. The molecule has 5 heteroatoms. The van der Waals surface area contributed by atoms with Crippen LogP contribution in [0.25, 0.3) is 0 Å². The van der Waals surface area contributed by atoms with Crippen molar-refractivity contribution >= 4 is 16.7 Å². The van der Waals surface area contributed by atoms with Crippen LogP contribution in [0, 0.1) is 5.82 Å². The van der Waals surface area contributed by atoms with Crippen molar-refractivity contribution in [1.82, 2.24) is 4.72 Å². The zero-order valence-corrected chi connectivity index (χ0v) is 10.0. The lowest BCUT2D eigenvalue weighted by atomic mass is 10.2. The molecule has 15 heavy (non-hydrogen) atoms. The second kappa shape index (κ2) is 7.36. The average molecular weight is 232 g/mol. The second-order valence-electron chi connectivity index (χ2n) is 2.63. The van der Waals surface area contributed by atoms with E-state index in [1.54, 1.807) is 12.1 Å². The molecule has 0 spiro atoms. The van der Waals surface area contributed by atoms with E-state index in [4.69, 9.17) is 5.73 Å². The molecule has 0 aliphatic heterocycles. The molecule has 1 aromatic rings. The van der Waals surface area contributed by atoms with E-state index in [2.05, 4.69) is 4.72 Å². The van der Waals surface area contributed by atoms with E-state index >= 15 is 0 Å². The van der Waals surface area contributed by atoms with Gasteiger partial charge in [-0.05, 0) is 12.1 Å². The predicted octanol–water partition coefficient (Wildman–Crippen LogP) is 1.82. The average Bonchev–Trinajstić information content (AvgIpc) is 2.19. The van der Waals surface area contributed by atoms with Gasteiger partial charge in [-0.1, -0.05) is 19.9 Å². The molecule has 1 atom stereocenters. The summed E-state index contributed by atoms with van der Waals surface area (Å²) in [5.74, 6) is -0.377. The lowest BCUT2D eigenvalue weighted by Crippen LogP contribution is -2.15. The third-order valence-corrected chi connectivity index (χ3v) is 2.09. The minimum Gasteiger partial charge on any atom is -0.399 e. The smallest absolute Gasteiger partial charge is 0.129 e. The Hall–Kier alpha value is -0.940. The highest BCUT2D eigenvalue weighted by Gasteiger charge is 2.02. The third kappa shape index (κ3) is 5.49. The number of hydrogen-bond donors (Lipinski definition) is 2. The van der Waals surface area contributed by atoms with Gasteiger partial charge in [-0.15, -0.1) is 0 Å². The van der Waals surface area contributed by atoms with Gasteiger partial charge in [0.05, 0.1) is 11.0 Å². The monoisotopic (exact) mass is 232 g/mol. The Morgan fingerprint density at radius 2 is 2.07 bits per heavy atom. The summed E-state index contributed by atoms with van der Waals surface area (Å²) in [6.07, 6.45) is 1.50. The lowest BCUT2D eigenvalue weighted by molar-refractivity contribution is 0.606. The van der Waals surface area contributed by atoms with Crippen LogP contribution >= 0.6 is 0 Å². The van der Waals surface area contributed by atoms with Crippen LogP contribution in [0.15, 0.2) is 18.2 Å². The Bertz CT molecular complexity index is 331. The van der Waals surface area contributed by atoms with Crippen LogP contribution in [0.3, 0.4) is 0 Å². The van der Waals surface area contributed by atoms with E-state index in [0.29, 0.717) is 11.3 Å². The number of anilines is 1. The van der Waals surface area contributed by atoms with Crippen LogP contribution in [0.1, 0.15) is 19.4 Å². The summed E-state index contributed by atoms with van der Waals surface area (Å²) in [4.78, 5) is 0. The summed E-state index contributed by atoms with van der Waals surface area (Å²) in [6.45, 7) is 4.25. The highest BCUT2D eigenvalue weighted by molar-refractivity contribution is 7.82. The van der Waals surface area contributed by atoms with Crippen molar-refractivity contribution in [1.29, 1.82) is 0 Å². The van der Waals surface area contributed by atoms with Gasteiger partial charge in [-0.25, -0.2) is 13.3 Å². The molecule has 3 N–H and O–H groups in total. The Morgan fingerprint density at radius 3 is 2.53 bits per heavy atom. The first-order valence-electron chi connectivity index (χ1n) is 4.70. The van der Waals surface area contributed by atoms with Gasteiger partial charge in [0.1, 0.15) is 5.82 Å². The number of rotatable bonds is 3. The molecule has 3 nitrogen and oxygen atoms in total. The van der Waals surface area contributed by atoms with Gasteiger partial charge in [0.2, 0.25) is 0 Å². The Balaban J connectivity index is 0.000000921. The lowest BCUT2D eigenvalue weighted by Gasteiger charge is -2.03. The van der Waals surface area contributed by atoms with Crippen molar-refractivity contribution in [3.05, 3.63) is 29.6 Å². The number of nitrogens with two attached hydrogens (primary N) is 1. The van der Waals surface area contributed by atoms with E-state index in [1.807, 2.05) is 13.8 Å². The van der Waals surface area contributed by atoms with E-state index in [0.717, 1.165) is 0 Å². The fourth-order valence-corrected chi connectivity index (χ4v) is 1.25. The first-order chi connectivity index (χ1) is 7.09. The molecule has 86 valence electrons. The van der Waals surface area contributed by atoms with Crippen LogP contribution in [0.2, 0.25) is 0 Å². The molecule has 0 amide bonds. The van der Waals surface area contributed by atoms with E-state index in [9.17, 15) is 8.60 Å². The maximum atomic E-state index is 13.1. The quantitative estimate of drug-likeness (QED) is 0.781. The molecule has 0 fully saturated rings. The Kier molecular flexibility index (Phi) is 6.90. The summed E-state index contributed by atoms with van der Waals surface area (Å²) in [6, 6.07) is 4.43. The molecule has 0 aliphatic rings. The molecule has 1 rings (SSSR count). The summed E-state index contributed by atoms with van der Waals surface area (Å²) in [5.41, 5.74) is 6.21. The number of nitrogen functional groups attached to an aromatic ring is 1. The third-order valence-electron chi connectivity index (χ3n) is 1.54. The van der Waals surface area contributed by atoms with Gasteiger partial charge in [0.15, 0.2) is 0 Å². The highest BCUT2D eigenvalue weighted by Crippen LogP contribution is 2.11. The van der Waals surface area contributed by atoms with Gasteiger partial charge >= 0.3 is 0 Å². The number of hydrogen-bond acceptors (Lipinski definition) is 2. The van der Waals surface area contributed by atoms with Crippen molar-refractivity contribution in [3.8, 4) is 0 Å². The van der Waals surface area contributed by atoms with Gasteiger partial charge in [0, 0.05) is 24.1 Å². The van der Waals surface area contributed by atoms with Crippen LogP contribution in [0.4, 0.5) is 10.1 Å². The summed E-state index contributed by atoms with van der Waals surface area (Å²) >= 11 is 0. The van der Waals surface area contributed by atoms with Gasteiger partial charge in [0.25, 0.3) is 0 Å². The highest BCUT2D eigenvalue weighted by atomic mass is 32.2. The van der Waals surface area contributed by atoms with Crippen molar-refractivity contribution in [3.63, 3.8) is 0 Å². The topological polar surface area (TPSA) is 55.1 Å². The Labute approximate surface area is 92.5 Å². The molecule has 0 aromatic heterocycles. The summed E-state index contributed by atoms with van der Waals surface area (Å²) in [5, 5.41) is 0. The van der Waals surface area contributed by atoms with Gasteiger partial charge in [-0.3, -0.25) is 0 Å². The normalized spacial score (nSPS) is 11.5. The molecule has 1 aromatic carbocycles. The van der Waals surface area contributed by atoms with E-state index in [1.165, 1.54) is 12.3 Å². The van der Waals surface area contributed by atoms with Crippen molar-refractivity contribution < 1.29 is 8.60 Å². The van der Waals surface area contributed by atoms with Crippen LogP contribution < -0.4 is 10.5 Å². The molecule has 0 bridgehead atoms. The molecule has 0 aliphatic carbocycles. The first-order valence-corrected chi connectivity index (χ1v) is 6.26. The van der Waals surface area contributed by atoms with Gasteiger partial charge in [-0.2, -0.15) is 0 Å². The van der Waals surface area contributed by atoms with Crippen molar-refractivity contribution in [2.24, 2.45) is 0 Å². The molecule has 0 radical (unpaired) electrons. The van der Waals surface area contributed by atoms with Gasteiger partial charge < -0.3 is 5.73 Å². The van der Waals surface area contributed by atoms with E-state index in [-0.39, 0.29) is 12.4 Å². The van der Waals surface area contributed by atoms with Crippen molar-refractivity contribution in [2.75, 3.05) is 12.0 Å². The molecule has 0 saturated heterocycles. The molecule has 1 unspecified atom stereocenters. The zero-order valence-electron chi connectivity index (χ0n) is 9.21. The van der Waals surface area contributed by atoms with Crippen LogP contribution in [-0.2, 0) is 17.5 Å². The molecule has 0 heterocycles. The largest absolute Gasteiger partial charge is 0.399 e. The molecule has 0 saturated carbocycles. The second-order valence-corrected chi connectivity index (χ2v) is 3.82. The minimum absolute atomic E-state index is 0.245. The first kappa shape index (κ1) is 14.1. The standard InChI is InChI=1S/C8H11FN2OS.C2H6/c1-13(12)11-5-6-2-3-7(10)4-8(6)9;1-2/h2-4,11H,5,10H2,1H3;1-2H3. The van der Waals surface area contributed by atoms with Crippen LogP contribution in [0.5, 0.6) is 0 Å². The fourth-order valence-electron chi connectivity index (χ4n) is 0.886. The summed E-state index contributed by atoms with van der Waals surface area (Å²) < 4.78 is 26.3. The summed E-state index contributed by atoms with van der Waals surface area (Å²) in [7, 11) is -1.13. The van der Waals surface area contributed by atoms with Crippen molar-refractivity contribution in [2.45, 2.75) is 20.4 Å². The fraction of sp³-hybridized carbons (Fsp3) is 0.400. The SMILES string of the molecule is CC.CS(=O)NCc1ccc(N)cc1F. The number of benzene rings is 1. The van der Waals surface area contributed by atoms with Crippen LogP contribution in [-0.4, -0.2) is 10.5 Å². The molecular formula is C10H17FN2OS. The van der Waals surface area contributed by atoms with E-state index < -0.39 is 11.0 Å². The zero-order chi connectivity index (χ0) is 11.8. The maximum Gasteiger partial charge on any atom is 0.129 e. The maximum absolute atomic E-state index is 13.1. The Morgan fingerprint density at radius 1 is 1.47 bits per heavy atom. The number of nitrogens with one attached hydrogen (secondary N) is 1. The number of halogens is 1. The minimum atomic E-state index is -1.13. The predicted molar refractivity (Wildman–Crippen MR) is 63.1 cm³/mol.